The van der Waals surface area contributed by atoms with Gasteiger partial charge in [0.2, 0.25) is 0 Å². The quantitative estimate of drug-likeness (QED) is 0.889. The van der Waals surface area contributed by atoms with Crippen LogP contribution in [0, 0.1) is 0 Å². The van der Waals surface area contributed by atoms with Crippen LogP contribution in [0.2, 0.25) is 0 Å². The molecule has 0 amide bonds. The van der Waals surface area contributed by atoms with Crippen molar-refractivity contribution in [3.63, 3.8) is 0 Å². The minimum absolute atomic E-state index is 0.701. The van der Waals surface area contributed by atoms with E-state index in [0.29, 0.717) is 5.25 Å². The summed E-state index contributed by atoms with van der Waals surface area (Å²) in [5.41, 5.74) is 4.21. The van der Waals surface area contributed by atoms with Crippen molar-refractivity contribution >= 4 is 17.4 Å². The summed E-state index contributed by atoms with van der Waals surface area (Å²) in [7, 11) is 0. The van der Waals surface area contributed by atoms with Gasteiger partial charge in [-0.3, -0.25) is 0 Å². The van der Waals surface area contributed by atoms with Gasteiger partial charge in [0.15, 0.2) is 0 Å². The monoisotopic (exact) mass is 269 g/mol. The van der Waals surface area contributed by atoms with E-state index in [0.717, 1.165) is 12.3 Å². The van der Waals surface area contributed by atoms with Crippen molar-refractivity contribution in [2.45, 2.75) is 23.8 Å². The molecule has 0 aromatic heterocycles. The summed E-state index contributed by atoms with van der Waals surface area (Å²) in [6.07, 6.45) is 2.46. The number of benzene rings is 2. The molecule has 1 aliphatic heterocycles. The molecule has 0 bridgehead atoms. The second-order valence-electron chi connectivity index (χ2n) is 5.00. The first-order chi connectivity index (χ1) is 9.42. The number of hydrogen-bond donors (Lipinski definition) is 1. The summed E-state index contributed by atoms with van der Waals surface area (Å²) in [5, 5.41) is 4.29. The van der Waals surface area contributed by atoms with Crippen molar-refractivity contribution in [1.29, 1.82) is 0 Å². The average molecular weight is 269 g/mol. The van der Waals surface area contributed by atoms with Gasteiger partial charge in [0, 0.05) is 23.2 Å². The number of aryl methyl sites for hydroxylation is 1. The molecule has 0 aliphatic carbocycles. The number of thioether (sulfide) groups is 1. The Balaban J connectivity index is 1.57. The predicted octanol–water partition coefficient (Wildman–Crippen LogP) is 4.35. The van der Waals surface area contributed by atoms with Crippen LogP contribution >= 0.6 is 11.8 Å². The maximum absolute atomic E-state index is 3.59. The second kappa shape index (κ2) is 6.16. The summed E-state index contributed by atoms with van der Waals surface area (Å²) in [6.45, 7) is 1.08. The minimum Gasteiger partial charge on any atom is -0.384 e. The molecule has 98 valence electrons. The topological polar surface area (TPSA) is 12.0 Å². The van der Waals surface area contributed by atoms with Gasteiger partial charge in [-0.2, -0.15) is 11.8 Å². The number of hydrogen-bond acceptors (Lipinski definition) is 2. The van der Waals surface area contributed by atoms with E-state index >= 15 is 0 Å². The number of anilines is 1. The zero-order valence-corrected chi connectivity index (χ0v) is 11.8. The highest BCUT2D eigenvalue weighted by Crippen LogP contribution is 2.27. The van der Waals surface area contributed by atoms with Gasteiger partial charge in [-0.15, -0.1) is 0 Å². The van der Waals surface area contributed by atoms with Gasteiger partial charge in [0.1, 0.15) is 0 Å². The number of rotatable bonds is 3. The summed E-state index contributed by atoms with van der Waals surface area (Å²) in [6, 6.07) is 19.4. The first kappa shape index (κ1) is 12.6. The molecule has 3 rings (SSSR count). The van der Waals surface area contributed by atoms with Gasteiger partial charge in [0.05, 0.1) is 0 Å². The van der Waals surface area contributed by atoms with E-state index < -0.39 is 0 Å². The highest BCUT2D eigenvalue weighted by Gasteiger charge is 2.15. The molecule has 1 atom stereocenters. The number of fused-ring (bicyclic) bond motifs is 1. The lowest BCUT2D eigenvalue weighted by Crippen LogP contribution is -2.14. The van der Waals surface area contributed by atoms with Crippen LogP contribution in [0.25, 0.3) is 0 Å². The highest BCUT2D eigenvalue weighted by molar-refractivity contribution is 7.99. The molecule has 0 fully saturated rings. The summed E-state index contributed by atoms with van der Waals surface area (Å²) >= 11 is 2.07. The van der Waals surface area contributed by atoms with Crippen LogP contribution in [-0.4, -0.2) is 11.8 Å². The van der Waals surface area contributed by atoms with Gasteiger partial charge in [-0.05, 0) is 30.0 Å². The van der Waals surface area contributed by atoms with Crippen LogP contribution in [0.5, 0.6) is 0 Å². The Bertz CT molecular complexity index is 497. The van der Waals surface area contributed by atoms with Crippen LogP contribution in [0.3, 0.4) is 0 Å². The molecule has 2 aromatic rings. The van der Waals surface area contributed by atoms with Gasteiger partial charge in [-0.1, -0.05) is 48.5 Å². The molecule has 1 heterocycles. The average Bonchev–Trinajstić information content (AvgIpc) is 2.69. The molecule has 0 saturated carbocycles. The molecule has 1 nitrogen and oxygen atoms in total. The van der Waals surface area contributed by atoms with E-state index in [1.54, 1.807) is 0 Å². The molecular formula is C17H19NS. The van der Waals surface area contributed by atoms with Crippen molar-refractivity contribution in [3.8, 4) is 0 Å². The third-order valence-electron chi connectivity index (χ3n) is 3.60. The maximum Gasteiger partial charge on any atom is 0.0373 e. The third kappa shape index (κ3) is 3.32. The highest BCUT2D eigenvalue weighted by atomic mass is 32.2. The Morgan fingerprint density at radius 1 is 1.00 bits per heavy atom. The molecular weight excluding hydrogens is 250 g/mol. The lowest BCUT2D eigenvalue weighted by atomic mass is 10.1. The van der Waals surface area contributed by atoms with E-state index in [-0.39, 0.29) is 0 Å². The summed E-state index contributed by atoms with van der Waals surface area (Å²) < 4.78 is 0. The van der Waals surface area contributed by atoms with Crippen LogP contribution in [0.15, 0.2) is 54.6 Å². The smallest absolute Gasteiger partial charge is 0.0373 e. The molecule has 0 spiro atoms. The van der Waals surface area contributed by atoms with Crippen LogP contribution in [0.1, 0.15) is 17.5 Å². The predicted molar refractivity (Wildman–Crippen MR) is 84.8 cm³/mol. The molecule has 19 heavy (non-hydrogen) atoms. The van der Waals surface area contributed by atoms with Gasteiger partial charge in [-0.25, -0.2) is 0 Å². The van der Waals surface area contributed by atoms with Crippen LogP contribution in [0.4, 0.5) is 5.69 Å². The molecule has 0 saturated heterocycles. The van der Waals surface area contributed by atoms with Crippen molar-refractivity contribution in [1.82, 2.24) is 0 Å². The standard InChI is InChI=1S/C17H19NS/c1-2-6-14(7-3-1)13-19-16-11-10-15-8-4-5-9-17(15)18-12-16/h1-9,16,18H,10-13H2. The van der Waals surface area contributed by atoms with Gasteiger partial charge < -0.3 is 5.32 Å². The van der Waals surface area contributed by atoms with Crippen LogP contribution in [-0.2, 0) is 12.2 Å². The molecule has 0 radical (unpaired) electrons. The lowest BCUT2D eigenvalue weighted by Gasteiger charge is -2.14. The van der Waals surface area contributed by atoms with Crippen LogP contribution < -0.4 is 5.32 Å². The van der Waals surface area contributed by atoms with E-state index in [1.165, 1.54) is 29.7 Å². The van der Waals surface area contributed by atoms with E-state index in [4.69, 9.17) is 0 Å². The summed E-state index contributed by atoms with van der Waals surface area (Å²) in [5.74, 6) is 1.11. The SMILES string of the molecule is c1ccc(CSC2CCc3ccccc3NC2)cc1. The molecule has 1 N–H and O–H groups in total. The van der Waals surface area contributed by atoms with E-state index in [1.807, 2.05) is 0 Å². The fourth-order valence-corrected chi connectivity index (χ4v) is 3.59. The Kier molecular flexibility index (Phi) is 4.09. The van der Waals surface area contributed by atoms with Gasteiger partial charge >= 0.3 is 0 Å². The first-order valence-electron chi connectivity index (χ1n) is 6.89. The number of para-hydroxylation sites is 1. The zero-order valence-electron chi connectivity index (χ0n) is 11.0. The fraction of sp³-hybridized carbons (Fsp3) is 0.294. The van der Waals surface area contributed by atoms with Crippen molar-refractivity contribution in [2.24, 2.45) is 0 Å². The van der Waals surface area contributed by atoms with Crippen molar-refractivity contribution < 1.29 is 0 Å². The fourth-order valence-electron chi connectivity index (χ4n) is 2.48. The molecule has 2 aromatic carbocycles. The Morgan fingerprint density at radius 3 is 2.68 bits per heavy atom. The van der Waals surface area contributed by atoms with E-state index in [2.05, 4.69) is 71.7 Å². The maximum atomic E-state index is 3.59. The second-order valence-corrected chi connectivity index (χ2v) is 6.28. The molecule has 2 heteroatoms. The number of nitrogens with one attached hydrogen (secondary N) is 1. The minimum atomic E-state index is 0.701. The first-order valence-corrected chi connectivity index (χ1v) is 7.94. The Hall–Kier alpha value is -1.41. The third-order valence-corrected chi connectivity index (χ3v) is 4.98. The van der Waals surface area contributed by atoms with Crippen molar-refractivity contribution in [2.75, 3.05) is 11.9 Å². The lowest BCUT2D eigenvalue weighted by molar-refractivity contribution is 0.803. The largest absolute Gasteiger partial charge is 0.384 e. The van der Waals surface area contributed by atoms with E-state index in [9.17, 15) is 0 Å². The Labute approximate surface area is 119 Å². The van der Waals surface area contributed by atoms with Crippen molar-refractivity contribution in [3.05, 3.63) is 65.7 Å². The normalized spacial score (nSPS) is 18.2. The molecule has 1 aliphatic rings. The van der Waals surface area contributed by atoms with Gasteiger partial charge in [0.25, 0.3) is 0 Å². The Morgan fingerprint density at radius 2 is 1.79 bits per heavy atom. The zero-order chi connectivity index (χ0) is 12.9. The summed E-state index contributed by atoms with van der Waals surface area (Å²) in [4.78, 5) is 0. The molecule has 1 unspecified atom stereocenters.